The molecule has 10 heteroatoms. The van der Waals surface area contributed by atoms with E-state index in [0.717, 1.165) is 0 Å². The summed E-state index contributed by atoms with van der Waals surface area (Å²) in [4.78, 5) is 24.0. The molecule has 2 N–H and O–H groups in total. The lowest BCUT2D eigenvalue weighted by molar-refractivity contribution is -0.188. The number of aliphatic carboxylic acids is 1. The van der Waals surface area contributed by atoms with Crippen LogP contribution in [0.5, 0.6) is 5.75 Å². The number of carbonyl (C=O) groups excluding carboxylic acids is 1. The Bertz CT molecular complexity index is 639. The third-order valence-corrected chi connectivity index (χ3v) is 4.26. The molecule has 1 aromatic rings. The van der Waals surface area contributed by atoms with Crippen molar-refractivity contribution in [2.75, 3.05) is 32.8 Å². The maximum absolute atomic E-state index is 12.9. The largest absolute Gasteiger partial charge is 0.492 e. The molecule has 2 rings (SSSR count). The van der Waals surface area contributed by atoms with Crippen molar-refractivity contribution < 1.29 is 32.6 Å². The number of carboxylic acid groups (broad SMARTS) is 1. The predicted molar refractivity (Wildman–Crippen MR) is 87.1 cm³/mol. The number of nitrogens with one attached hydrogen (secondary N) is 1. The van der Waals surface area contributed by atoms with Crippen molar-refractivity contribution in [3.63, 3.8) is 0 Å². The molecule has 2 atom stereocenters. The van der Waals surface area contributed by atoms with Gasteiger partial charge in [-0.1, -0.05) is 11.6 Å². The molecule has 0 bridgehead atoms. The second-order valence-corrected chi connectivity index (χ2v) is 6.38. The van der Waals surface area contributed by atoms with Crippen LogP contribution in [0.3, 0.4) is 0 Å². The number of nitrogens with zero attached hydrogens (tertiary/aromatic N) is 1. The average molecular weight is 395 g/mol. The summed E-state index contributed by atoms with van der Waals surface area (Å²) in [6.07, 6.45) is -4.61. The number of carboxylic acids is 1. The third kappa shape index (κ3) is 5.77. The molecule has 0 aromatic heterocycles. The van der Waals surface area contributed by atoms with E-state index in [9.17, 15) is 22.8 Å². The highest BCUT2D eigenvalue weighted by molar-refractivity contribution is 6.30. The lowest BCUT2D eigenvalue weighted by Gasteiger charge is -2.18. The molecule has 1 aliphatic rings. The number of likely N-dealkylation sites (tertiary alicyclic amines) is 1. The second kappa shape index (κ2) is 8.59. The number of ether oxygens (including phenoxy) is 1. The molecular formula is C16H18ClF3N2O4. The molecule has 0 unspecified atom stereocenters. The van der Waals surface area contributed by atoms with E-state index >= 15 is 0 Å². The van der Waals surface area contributed by atoms with E-state index in [2.05, 4.69) is 5.32 Å². The standard InChI is InChI=1S/C16H18ClF3N2O4/c17-10-1-3-11(4-2-10)26-6-5-21-14(23)9-22-7-12(15(24)25)13(8-22)16(18,19)20/h1-4,12-13H,5-9H2,(H,21,23)(H,24,25)/t12-,13-/m1/s1. The summed E-state index contributed by atoms with van der Waals surface area (Å²) in [7, 11) is 0. The van der Waals surface area contributed by atoms with Crippen LogP contribution in [0.15, 0.2) is 24.3 Å². The number of halogens is 4. The molecule has 1 fully saturated rings. The van der Waals surface area contributed by atoms with Gasteiger partial charge >= 0.3 is 12.1 Å². The Morgan fingerprint density at radius 2 is 1.92 bits per heavy atom. The maximum Gasteiger partial charge on any atom is 0.393 e. The number of hydrogen-bond donors (Lipinski definition) is 2. The smallest absolute Gasteiger partial charge is 0.393 e. The fourth-order valence-electron chi connectivity index (χ4n) is 2.75. The Kier molecular flexibility index (Phi) is 6.71. The van der Waals surface area contributed by atoms with Gasteiger partial charge in [0.25, 0.3) is 0 Å². The molecule has 0 aliphatic carbocycles. The van der Waals surface area contributed by atoms with Crippen molar-refractivity contribution in [2.24, 2.45) is 11.8 Å². The number of rotatable bonds is 7. The first-order valence-corrected chi connectivity index (χ1v) is 8.21. The van der Waals surface area contributed by atoms with Gasteiger partial charge in [0.2, 0.25) is 5.91 Å². The molecule has 144 valence electrons. The normalized spacial score (nSPS) is 20.8. The average Bonchev–Trinajstić information content (AvgIpc) is 2.97. The molecule has 0 spiro atoms. The molecule has 26 heavy (non-hydrogen) atoms. The van der Waals surface area contributed by atoms with Gasteiger partial charge in [-0.25, -0.2) is 0 Å². The minimum absolute atomic E-state index is 0.167. The van der Waals surface area contributed by atoms with E-state index in [-0.39, 0.29) is 26.2 Å². The molecule has 0 radical (unpaired) electrons. The zero-order valence-corrected chi connectivity index (χ0v) is 14.4. The van der Waals surface area contributed by atoms with E-state index in [1.165, 1.54) is 4.90 Å². The van der Waals surface area contributed by atoms with Crippen LogP contribution < -0.4 is 10.1 Å². The number of carbonyl (C=O) groups is 2. The predicted octanol–water partition coefficient (Wildman–Crippen LogP) is 2.03. The fourth-order valence-corrected chi connectivity index (χ4v) is 2.87. The van der Waals surface area contributed by atoms with E-state index in [1.807, 2.05) is 0 Å². The first-order chi connectivity index (χ1) is 12.2. The van der Waals surface area contributed by atoms with Crippen LogP contribution in [0.1, 0.15) is 0 Å². The van der Waals surface area contributed by atoms with Gasteiger partial charge in [-0.3, -0.25) is 14.5 Å². The van der Waals surface area contributed by atoms with E-state index < -0.39 is 36.4 Å². The summed E-state index contributed by atoms with van der Waals surface area (Å²) in [6, 6.07) is 6.63. The highest BCUT2D eigenvalue weighted by atomic mass is 35.5. The van der Waals surface area contributed by atoms with Gasteiger partial charge in [-0.05, 0) is 24.3 Å². The summed E-state index contributed by atoms with van der Waals surface area (Å²) >= 11 is 5.74. The minimum atomic E-state index is -4.61. The Balaban J connectivity index is 1.74. The Hall–Kier alpha value is -2.00. The van der Waals surface area contributed by atoms with Crippen LogP contribution in [-0.4, -0.2) is 60.8 Å². The molecule has 1 aliphatic heterocycles. The van der Waals surface area contributed by atoms with Gasteiger partial charge in [-0.15, -0.1) is 0 Å². The van der Waals surface area contributed by atoms with Gasteiger partial charge in [0.15, 0.2) is 0 Å². The maximum atomic E-state index is 12.9. The second-order valence-electron chi connectivity index (χ2n) is 5.94. The third-order valence-electron chi connectivity index (χ3n) is 4.01. The molecule has 1 amide bonds. The van der Waals surface area contributed by atoms with Crippen molar-refractivity contribution in [2.45, 2.75) is 6.18 Å². The van der Waals surface area contributed by atoms with Crippen LogP contribution in [0.2, 0.25) is 5.02 Å². The van der Waals surface area contributed by atoms with Gasteiger partial charge < -0.3 is 15.2 Å². The van der Waals surface area contributed by atoms with Crippen molar-refractivity contribution in [1.82, 2.24) is 10.2 Å². The Morgan fingerprint density at radius 1 is 1.27 bits per heavy atom. The highest BCUT2D eigenvalue weighted by Gasteiger charge is 2.52. The number of alkyl halides is 3. The van der Waals surface area contributed by atoms with Gasteiger partial charge in [0.1, 0.15) is 12.4 Å². The topological polar surface area (TPSA) is 78.9 Å². The number of hydrogen-bond acceptors (Lipinski definition) is 4. The highest BCUT2D eigenvalue weighted by Crippen LogP contribution is 2.37. The first-order valence-electron chi connectivity index (χ1n) is 7.83. The van der Waals surface area contributed by atoms with Gasteiger partial charge in [0.05, 0.1) is 24.9 Å². The van der Waals surface area contributed by atoms with Crippen LogP contribution in [-0.2, 0) is 9.59 Å². The SMILES string of the molecule is O=C(CN1C[C@@H](C(F)(F)F)[C@H](C(=O)O)C1)NCCOc1ccc(Cl)cc1. The van der Waals surface area contributed by atoms with Crippen LogP contribution in [0, 0.1) is 11.8 Å². The molecular weight excluding hydrogens is 377 g/mol. The van der Waals surface area contributed by atoms with Crippen LogP contribution in [0.25, 0.3) is 0 Å². The van der Waals surface area contributed by atoms with Crippen molar-refractivity contribution in [1.29, 1.82) is 0 Å². The van der Waals surface area contributed by atoms with Gasteiger partial charge in [-0.2, -0.15) is 13.2 Å². The van der Waals surface area contributed by atoms with Crippen LogP contribution in [0.4, 0.5) is 13.2 Å². The lowest BCUT2D eigenvalue weighted by atomic mass is 9.96. The first kappa shape index (κ1) is 20.3. The lowest BCUT2D eigenvalue weighted by Crippen LogP contribution is -2.38. The Labute approximate surface area is 152 Å². The van der Waals surface area contributed by atoms with Gasteiger partial charge in [0, 0.05) is 18.1 Å². The van der Waals surface area contributed by atoms with E-state index in [0.29, 0.717) is 10.8 Å². The van der Waals surface area contributed by atoms with Crippen LogP contribution >= 0.6 is 11.6 Å². The summed E-state index contributed by atoms with van der Waals surface area (Å²) in [6.45, 7) is -0.767. The minimum Gasteiger partial charge on any atom is -0.492 e. The number of benzene rings is 1. The summed E-state index contributed by atoms with van der Waals surface area (Å²) < 4.78 is 44.1. The Morgan fingerprint density at radius 3 is 2.46 bits per heavy atom. The molecule has 1 aromatic carbocycles. The molecule has 0 saturated carbocycles. The zero-order valence-electron chi connectivity index (χ0n) is 13.6. The molecule has 1 heterocycles. The monoisotopic (exact) mass is 394 g/mol. The molecule has 1 saturated heterocycles. The summed E-state index contributed by atoms with van der Waals surface area (Å²) in [5.41, 5.74) is 0. The fraction of sp³-hybridized carbons (Fsp3) is 0.500. The van der Waals surface area contributed by atoms with E-state index in [4.69, 9.17) is 21.4 Å². The van der Waals surface area contributed by atoms with E-state index in [1.54, 1.807) is 24.3 Å². The van der Waals surface area contributed by atoms with Crippen molar-refractivity contribution >= 4 is 23.5 Å². The quantitative estimate of drug-likeness (QED) is 0.692. The van der Waals surface area contributed by atoms with Crippen molar-refractivity contribution in [3.05, 3.63) is 29.3 Å². The van der Waals surface area contributed by atoms with Crippen molar-refractivity contribution in [3.8, 4) is 5.75 Å². The summed E-state index contributed by atoms with van der Waals surface area (Å²) in [5.74, 6) is -4.96. The molecule has 6 nitrogen and oxygen atoms in total. The summed E-state index contributed by atoms with van der Waals surface area (Å²) in [5, 5.41) is 12.0. The zero-order chi connectivity index (χ0) is 19.3. The number of amides is 1.